The quantitative estimate of drug-likeness (QED) is 0.796. The van der Waals surface area contributed by atoms with Crippen LogP contribution in [0, 0.1) is 5.82 Å². The molecule has 1 unspecified atom stereocenters. The molecule has 0 saturated carbocycles. The van der Waals surface area contributed by atoms with E-state index < -0.39 is 5.97 Å². The lowest BCUT2D eigenvalue weighted by atomic mass is 10.3. The number of carboxylic acids is 1. The van der Waals surface area contributed by atoms with Crippen LogP contribution in [0.2, 0.25) is 0 Å². The minimum Gasteiger partial charge on any atom is -0.481 e. The van der Waals surface area contributed by atoms with Crippen molar-refractivity contribution in [2.24, 2.45) is 0 Å². The van der Waals surface area contributed by atoms with Crippen LogP contribution in [0.4, 0.5) is 4.39 Å². The predicted octanol–water partition coefficient (Wildman–Crippen LogP) is 2.95. The Kier molecular flexibility index (Phi) is 5.19. The fourth-order valence-electron chi connectivity index (χ4n) is 2.07. The van der Waals surface area contributed by atoms with Gasteiger partial charge in [-0.2, -0.15) is 0 Å². The highest BCUT2D eigenvalue weighted by atomic mass is 32.2. The molecule has 1 N–H and O–H groups in total. The summed E-state index contributed by atoms with van der Waals surface area (Å²) >= 11 is 1.12. The summed E-state index contributed by atoms with van der Waals surface area (Å²) in [5, 5.41) is 9.38. The van der Waals surface area contributed by atoms with Gasteiger partial charge in [0.25, 0.3) is 0 Å². The van der Waals surface area contributed by atoms with Gasteiger partial charge in [-0.05, 0) is 26.0 Å². The zero-order valence-electron chi connectivity index (χ0n) is 11.9. The summed E-state index contributed by atoms with van der Waals surface area (Å²) in [4.78, 5) is 15.1. The molecule has 0 spiro atoms. The largest absolute Gasteiger partial charge is 0.481 e. The highest BCUT2D eigenvalue weighted by Gasteiger charge is 2.17. The van der Waals surface area contributed by atoms with Crippen molar-refractivity contribution in [3.63, 3.8) is 0 Å². The molecule has 1 heterocycles. The molecule has 21 heavy (non-hydrogen) atoms. The Morgan fingerprint density at radius 1 is 1.57 bits per heavy atom. The number of ether oxygens (including phenoxy) is 1. The maximum atomic E-state index is 13.3. The van der Waals surface area contributed by atoms with E-state index in [0.717, 1.165) is 17.3 Å². The number of hydrogen-bond donors (Lipinski definition) is 1. The van der Waals surface area contributed by atoms with Crippen molar-refractivity contribution in [3.8, 4) is 0 Å². The maximum absolute atomic E-state index is 13.3. The molecule has 2 aromatic rings. The minimum atomic E-state index is -0.915. The van der Waals surface area contributed by atoms with E-state index in [-0.39, 0.29) is 17.6 Å². The van der Waals surface area contributed by atoms with E-state index in [1.165, 1.54) is 12.1 Å². The number of imidazole rings is 1. The summed E-state index contributed by atoms with van der Waals surface area (Å²) in [7, 11) is 0. The van der Waals surface area contributed by atoms with Gasteiger partial charge in [-0.25, -0.2) is 9.37 Å². The molecule has 0 amide bonds. The zero-order chi connectivity index (χ0) is 15.4. The van der Waals surface area contributed by atoms with Crippen LogP contribution >= 0.6 is 11.8 Å². The molecule has 1 aromatic heterocycles. The number of fused-ring (bicyclic) bond motifs is 1. The first-order valence-electron chi connectivity index (χ1n) is 6.62. The van der Waals surface area contributed by atoms with Crippen molar-refractivity contribution in [2.75, 3.05) is 19.0 Å². The summed E-state index contributed by atoms with van der Waals surface area (Å²) in [5.74, 6) is -1.37. The fourth-order valence-corrected chi connectivity index (χ4v) is 2.90. The first-order valence-corrected chi connectivity index (χ1v) is 7.61. The number of carboxylic acid groups (broad SMARTS) is 1. The number of nitrogens with zero attached hydrogens (tertiary/aromatic N) is 2. The SMILES string of the molecule is CCOCC(C)n1c(SCC(=O)O)nc2cc(F)ccc21. The molecule has 5 nitrogen and oxygen atoms in total. The Balaban J connectivity index is 2.41. The number of benzene rings is 1. The highest BCUT2D eigenvalue weighted by molar-refractivity contribution is 7.99. The third-order valence-corrected chi connectivity index (χ3v) is 3.89. The van der Waals surface area contributed by atoms with Crippen molar-refractivity contribution < 1.29 is 19.0 Å². The Hall–Kier alpha value is -1.60. The summed E-state index contributed by atoms with van der Waals surface area (Å²) < 4.78 is 20.6. The van der Waals surface area contributed by atoms with Crippen LogP contribution in [0.1, 0.15) is 19.9 Å². The highest BCUT2D eigenvalue weighted by Crippen LogP contribution is 2.28. The van der Waals surface area contributed by atoms with Crippen LogP contribution in [0.25, 0.3) is 11.0 Å². The Bertz CT molecular complexity index is 644. The van der Waals surface area contributed by atoms with Gasteiger partial charge in [-0.1, -0.05) is 11.8 Å². The average Bonchev–Trinajstić information content (AvgIpc) is 2.79. The van der Waals surface area contributed by atoms with Gasteiger partial charge in [-0.15, -0.1) is 0 Å². The Morgan fingerprint density at radius 3 is 3.00 bits per heavy atom. The predicted molar refractivity (Wildman–Crippen MR) is 79.3 cm³/mol. The molecule has 0 bridgehead atoms. The number of aliphatic carboxylic acids is 1. The number of rotatable bonds is 7. The lowest BCUT2D eigenvalue weighted by Crippen LogP contribution is -2.14. The van der Waals surface area contributed by atoms with Crippen molar-refractivity contribution in [3.05, 3.63) is 24.0 Å². The third kappa shape index (κ3) is 3.74. The molecular formula is C14H17FN2O3S. The molecule has 0 aliphatic heterocycles. The summed E-state index contributed by atoms with van der Waals surface area (Å²) in [6.07, 6.45) is 0. The number of halogens is 1. The Morgan fingerprint density at radius 2 is 2.33 bits per heavy atom. The van der Waals surface area contributed by atoms with Crippen molar-refractivity contribution in [1.29, 1.82) is 0 Å². The zero-order valence-corrected chi connectivity index (χ0v) is 12.7. The van der Waals surface area contributed by atoms with Gasteiger partial charge in [0.15, 0.2) is 5.16 Å². The minimum absolute atomic E-state index is 0.0169. The second kappa shape index (κ2) is 6.91. The smallest absolute Gasteiger partial charge is 0.313 e. The third-order valence-electron chi connectivity index (χ3n) is 2.95. The Labute approximate surface area is 126 Å². The van der Waals surface area contributed by atoms with E-state index >= 15 is 0 Å². The lowest BCUT2D eigenvalue weighted by molar-refractivity contribution is -0.133. The molecule has 1 atom stereocenters. The molecule has 7 heteroatoms. The van der Waals surface area contributed by atoms with E-state index in [9.17, 15) is 9.18 Å². The van der Waals surface area contributed by atoms with E-state index in [1.54, 1.807) is 6.07 Å². The summed E-state index contributed by atoms with van der Waals surface area (Å²) in [5.41, 5.74) is 1.29. The van der Waals surface area contributed by atoms with E-state index in [1.807, 2.05) is 18.4 Å². The van der Waals surface area contributed by atoms with E-state index in [2.05, 4.69) is 4.98 Å². The normalized spacial score (nSPS) is 12.7. The van der Waals surface area contributed by atoms with Crippen LogP contribution in [-0.4, -0.2) is 39.6 Å². The van der Waals surface area contributed by atoms with Gasteiger partial charge < -0.3 is 14.4 Å². The number of carbonyl (C=O) groups is 1. The lowest BCUT2D eigenvalue weighted by Gasteiger charge is -2.16. The first kappa shape index (κ1) is 15.8. The van der Waals surface area contributed by atoms with Crippen LogP contribution in [0.15, 0.2) is 23.4 Å². The standard InChI is InChI=1S/C14H17FN2O3S/c1-3-20-7-9(2)17-12-5-4-10(15)6-11(12)16-14(17)21-8-13(18)19/h4-6,9H,3,7-8H2,1-2H3,(H,18,19). The molecule has 2 rings (SSSR count). The van der Waals surface area contributed by atoms with Crippen LogP contribution < -0.4 is 0 Å². The second-order valence-corrected chi connectivity index (χ2v) is 5.53. The van der Waals surface area contributed by atoms with Gasteiger partial charge >= 0.3 is 5.97 Å². The fraction of sp³-hybridized carbons (Fsp3) is 0.429. The summed E-state index contributed by atoms with van der Waals surface area (Å²) in [6.45, 7) is 4.96. The molecule has 1 aromatic carbocycles. The second-order valence-electron chi connectivity index (χ2n) is 4.59. The van der Waals surface area contributed by atoms with Crippen molar-refractivity contribution in [1.82, 2.24) is 9.55 Å². The average molecular weight is 312 g/mol. The van der Waals surface area contributed by atoms with Gasteiger partial charge in [0.1, 0.15) is 5.82 Å². The van der Waals surface area contributed by atoms with Gasteiger partial charge in [-0.3, -0.25) is 4.79 Å². The maximum Gasteiger partial charge on any atom is 0.313 e. The molecule has 0 saturated heterocycles. The molecular weight excluding hydrogens is 295 g/mol. The van der Waals surface area contributed by atoms with Crippen molar-refractivity contribution in [2.45, 2.75) is 25.0 Å². The number of aromatic nitrogens is 2. The van der Waals surface area contributed by atoms with E-state index in [4.69, 9.17) is 9.84 Å². The number of thioether (sulfide) groups is 1. The van der Waals surface area contributed by atoms with Gasteiger partial charge in [0, 0.05) is 12.7 Å². The summed E-state index contributed by atoms with van der Waals surface area (Å²) in [6, 6.07) is 4.37. The monoisotopic (exact) mass is 312 g/mol. The molecule has 0 aliphatic rings. The molecule has 0 fully saturated rings. The number of hydrogen-bond acceptors (Lipinski definition) is 4. The van der Waals surface area contributed by atoms with Crippen molar-refractivity contribution >= 4 is 28.8 Å². The van der Waals surface area contributed by atoms with Gasteiger partial charge in [0.05, 0.1) is 29.4 Å². The van der Waals surface area contributed by atoms with Crippen LogP contribution in [0.3, 0.4) is 0 Å². The molecule has 114 valence electrons. The van der Waals surface area contributed by atoms with Gasteiger partial charge in [0.2, 0.25) is 0 Å². The molecule has 0 radical (unpaired) electrons. The molecule has 0 aliphatic carbocycles. The van der Waals surface area contributed by atoms with Crippen LogP contribution in [-0.2, 0) is 9.53 Å². The first-order chi connectivity index (χ1) is 10.0. The topological polar surface area (TPSA) is 64.3 Å². The van der Waals surface area contributed by atoms with E-state index in [0.29, 0.717) is 23.9 Å². The van der Waals surface area contributed by atoms with Crippen LogP contribution in [0.5, 0.6) is 0 Å².